The van der Waals surface area contributed by atoms with Gasteiger partial charge in [0.25, 0.3) is 0 Å². The summed E-state index contributed by atoms with van der Waals surface area (Å²) in [5.74, 6) is 1.80. The van der Waals surface area contributed by atoms with Crippen molar-refractivity contribution in [3.05, 3.63) is 42.0 Å². The maximum atomic E-state index is 5.72. The number of rotatable bonds is 7. The van der Waals surface area contributed by atoms with Crippen molar-refractivity contribution in [1.29, 1.82) is 0 Å². The Labute approximate surface area is 139 Å². The fourth-order valence-corrected chi connectivity index (χ4v) is 2.44. The lowest BCUT2D eigenvalue weighted by Gasteiger charge is -2.22. The molecule has 1 heterocycles. The highest BCUT2D eigenvalue weighted by atomic mass is 16.5. The first-order chi connectivity index (χ1) is 11.3. The second-order valence-corrected chi connectivity index (χ2v) is 5.49. The highest BCUT2D eigenvalue weighted by molar-refractivity contribution is 5.79. The van der Waals surface area contributed by atoms with Crippen LogP contribution in [0.3, 0.4) is 0 Å². The number of nitrogens with zero attached hydrogens (tertiary/aromatic N) is 2. The Morgan fingerprint density at radius 3 is 2.87 bits per heavy atom. The van der Waals surface area contributed by atoms with E-state index in [4.69, 9.17) is 9.47 Å². The third-order valence-electron chi connectivity index (χ3n) is 3.80. The minimum Gasteiger partial charge on any atom is -0.492 e. The van der Waals surface area contributed by atoms with Gasteiger partial charge >= 0.3 is 0 Å². The zero-order valence-corrected chi connectivity index (χ0v) is 14.1. The first-order valence-electron chi connectivity index (χ1n) is 8.15. The summed E-state index contributed by atoms with van der Waals surface area (Å²) in [6, 6.07) is 9.87. The van der Waals surface area contributed by atoms with Crippen molar-refractivity contribution in [2.24, 2.45) is 4.99 Å². The summed E-state index contributed by atoms with van der Waals surface area (Å²) in [5, 5.41) is 3.40. The van der Waals surface area contributed by atoms with Crippen LogP contribution >= 0.6 is 0 Å². The van der Waals surface area contributed by atoms with Gasteiger partial charge in [-0.05, 0) is 25.0 Å². The van der Waals surface area contributed by atoms with Gasteiger partial charge in [0.1, 0.15) is 12.4 Å². The first kappa shape index (κ1) is 17.3. The third kappa shape index (κ3) is 6.32. The average Bonchev–Trinajstić information content (AvgIpc) is 2.60. The quantitative estimate of drug-likeness (QED) is 0.476. The molecule has 1 N–H and O–H groups in total. The Bertz CT molecular complexity index is 514. The molecule has 5 nitrogen and oxygen atoms in total. The number of aliphatic imine (C=N–C) groups is 1. The summed E-state index contributed by atoms with van der Waals surface area (Å²) in [5.41, 5.74) is 1.47. The van der Waals surface area contributed by atoms with E-state index in [9.17, 15) is 0 Å². The summed E-state index contributed by atoms with van der Waals surface area (Å²) in [6.07, 6.45) is 4.27. The van der Waals surface area contributed by atoms with Crippen LogP contribution in [0.1, 0.15) is 12.8 Å². The van der Waals surface area contributed by atoms with Crippen molar-refractivity contribution in [3.63, 3.8) is 0 Å². The number of para-hydroxylation sites is 1. The van der Waals surface area contributed by atoms with Gasteiger partial charge in [0.05, 0.1) is 19.8 Å². The zero-order chi connectivity index (χ0) is 16.3. The lowest BCUT2D eigenvalue weighted by Crippen LogP contribution is -2.41. The molecule has 2 rings (SSSR count). The molecule has 0 spiro atoms. The summed E-state index contributed by atoms with van der Waals surface area (Å²) < 4.78 is 11.0. The molecule has 126 valence electrons. The van der Waals surface area contributed by atoms with Crippen molar-refractivity contribution >= 4 is 5.96 Å². The van der Waals surface area contributed by atoms with E-state index in [1.807, 2.05) is 44.4 Å². The molecule has 0 radical (unpaired) electrons. The van der Waals surface area contributed by atoms with Gasteiger partial charge in [-0.25, -0.2) is 0 Å². The van der Waals surface area contributed by atoms with Gasteiger partial charge in [0, 0.05) is 20.6 Å². The molecule has 1 aromatic rings. The predicted molar refractivity (Wildman–Crippen MR) is 94.1 cm³/mol. The van der Waals surface area contributed by atoms with E-state index in [0.717, 1.165) is 50.9 Å². The topological polar surface area (TPSA) is 46.1 Å². The molecule has 0 bridgehead atoms. The third-order valence-corrected chi connectivity index (χ3v) is 3.80. The van der Waals surface area contributed by atoms with Gasteiger partial charge < -0.3 is 19.7 Å². The smallest absolute Gasteiger partial charge is 0.193 e. The van der Waals surface area contributed by atoms with Crippen LogP contribution in [0, 0.1) is 0 Å². The predicted octanol–water partition coefficient (Wildman–Crippen LogP) is 2.31. The maximum Gasteiger partial charge on any atom is 0.193 e. The normalized spacial score (nSPS) is 15.0. The molecule has 0 amide bonds. The number of benzene rings is 1. The van der Waals surface area contributed by atoms with E-state index in [2.05, 4.69) is 21.3 Å². The monoisotopic (exact) mass is 317 g/mol. The lowest BCUT2D eigenvalue weighted by atomic mass is 10.1. The molecule has 0 saturated carbocycles. The highest BCUT2D eigenvalue weighted by Crippen LogP contribution is 2.11. The van der Waals surface area contributed by atoms with Crippen molar-refractivity contribution in [2.45, 2.75) is 12.8 Å². The fraction of sp³-hybridized carbons (Fsp3) is 0.500. The minimum absolute atomic E-state index is 0.629. The Hall–Kier alpha value is -2.01. The molecule has 1 aliphatic heterocycles. The van der Waals surface area contributed by atoms with Crippen LogP contribution in [-0.2, 0) is 4.74 Å². The zero-order valence-electron chi connectivity index (χ0n) is 14.1. The van der Waals surface area contributed by atoms with Gasteiger partial charge in [-0.15, -0.1) is 0 Å². The molecular formula is C18H27N3O2. The minimum atomic E-state index is 0.629. The van der Waals surface area contributed by atoms with Crippen LogP contribution in [0.5, 0.6) is 5.75 Å². The summed E-state index contributed by atoms with van der Waals surface area (Å²) in [4.78, 5) is 6.41. The average molecular weight is 317 g/mol. The molecule has 5 heteroatoms. The molecule has 0 aliphatic carbocycles. The molecule has 0 aromatic heterocycles. The largest absolute Gasteiger partial charge is 0.492 e. The van der Waals surface area contributed by atoms with Crippen LogP contribution < -0.4 is 10.1 Å². The van der Waals surface area contributed by atoms with Gasteiger partial charge in [0.15, 0.2) is 5.96 Å². The Balaban J connectivity index is 1.66. The van der Waals surface area contributed by atoms with E-state index in [-0.39, 0.29) is 0 Å². The van der Waals surface area contributed by atoms with E-state index in [0.29, 0.717) is 6.61 Å². The summed E-state index contributed by atoms with van der Waals surface area (Å²) in [6.45, 7) is 3.90. The molecule has 1 aliphatic rings. The van der Waals surface area contributed by atoms with E-state index >= 15 is 0 Å². The number of likely N-dealkylation sites (N-methyl/N-ethyl adjacent to an activating group) is 1. The highest BCUT2D eigenvalue weighted by Gasteiger charge is 2.07. The Kier molecular flexibility index (Phi) is 7.46. The molecule has 0 saturated heterocycles. The van der Waals surface area contributed by atoms with Crippen molar-refractivity contribution in [3.8, 4) is 5.75 Å². The number of hydrogen-bond donors (Lipinski definition) is 1. The number of hydrogen-bond acceptors (Lipinski definition) is 3. The van der Waals surface area contributed by atoms with Crippen LogP contribution in [0.2, 0.25) is 0 Å². The number of guanidine groups is 1. The molecule has 0 fully saturated rings. The van der Waals surface area contributed by atoms with Crippen molar-refractivity contribution in [1.82, 2.24) is 10.2 Å². The van der Waals surface area contributed by atoms with E-state index in [1.165, 1.54) is 5.57 Å². The van der Waals surface area contributed by atoms with Gasteiger partial charge in [0.2, 0.25) is 0 Å². The maximum absolute atomic E-state index is 5.72. The van der Waals surface area contributed by atoms with Crippen LogP contribution in [0.15, 0.2) is 47.0 Å². The summed E-state index contributed by atoms with van der Waals surface area (Å²) in [7, 11) is 3.84. The van der Waals surface area contributed by atoms with Gasteiger partial charge in [-0.2, -0.15) is 0 Å². The first-order valence-corrected chi connectivity index (χ1v) is 8.15. The summed E-state index contributed by atoms with van der Waals surface area (Å²) >= 11 is 0. The second-order valence-electron chi connectivity index (χ2n) is 5.49. The SMILES string of the molecule is CN=C(NCCC1=CCOCC1)N(C)CCOc1ccccc1. The number of nitrogens with one attached hydrogen (secondary N) is 1. The second kappa shape index (κ2) is 9.90. The van der Waals surface area contributed by atoms with Crippen molar-refractivity contribution < 1.29 is 9.47 Å². The van der Waals surface area contributed by atoms with Crippen molar-refractivity contribution in [2.75, 3.05) is 47.0 Å². The molecule has 1 aromatic carbocycles. The Morgan fingerprint density at radius 1 is 1.35 bits per heavy atom. The molecule has 0 unspecified atom stereocenters. The van der Waals surface area contributed by atoms with Crippen LogP contribution in [0.4, 0.5) is 0 Å². The fourth-order valence-electron chi connectivity index (χ4n) is 2.44. The van der Waals surface area contributed by atoms with Gasteiger partial charge in [-0.1, -0.05) is 29.8 Å². The number of ether oxygens (including phenoxy) is 2. The Morgan fingerprint density at radius 2 is 2.17 bits per heavy atom. The van der Waals surface area contributed by atoms with Crippen LogP contribution in [0.25, 0.3) is 0 Å². The molecular weight excluding hydrogens is 290 g/mol. The lowest BCUT2D eigenvalue weighted by molar-refractivity contribution is 0.153. The standard InChI is InChI=1S/C18H27N3O2/c1-19-18(20-11-8-16-9-13-22-14-10-16)21(2)12-15-23-17-6-4-3-5-7-17/h3-7,9H,8,10-15H2,1-2H3,(H,19,20). The van der Waals surface area contributed by atoms with Gasteiger partial charge in [-0.3, -0.25) is 4.99 Å². The van der Waals surface area contributed by atoms with E-state index in [1.54, 1.807) is 0 Å². The van der Waals surface area contributed by atoms with Crippen LogP contribution in [-0.4, -0.2) is 57.9 Å². The molecule has 0 atom stereocenters. The molecule has 23 heavy (non-hydrogen) atoms. The van der Waals surface area contributed by atoms with E-state index < -0.39 is 0 Å².